The van der Waals surface area contributed by atoms with Gasteiger partial charge in [0, 0.05) is 17.4 Å². The maximum absolute atomic E-state index is 13.9. The number of carbonyl (C=O) groups excluding carboxylic acids is 1. The lowest BCUT2D eigenvalue weighted by molar-refractivity contribution is 0.0726. The molecule has 2 aliphatic rings. The Hall–Kier alpha value is -2.64. The van der Waals surface area contributed by atoms with Crippen LogP contribution in [-0.4, -0.2) is 38.6 Å². The summed E-state index contributed by atoms with van der Waals surface area (Å²) < 4.78 is 0. The van der Waals surface area contributed by atoms with Crippen LogP contribution in [0, 0.1) is 6.92 Å². The molecule has 0 spiro atoms. The van der Waals surface area contributed by atoms with Gasteiger partial charge in [-0.1, -0.05) is 29.8 Å². The molecule has 5 nitrogen and oxygen atoms in total. The standard InChI is InChI=1S/C26H26N4OS2/c1-15-5-7-16(8-6-15)23-22(29-25(33-23)17-9-10-17)26(31)30-13-3-4-21(30)24-27-19-12-11-18(32-2)14-20(19)28-24/h5-8,11-12,14,17,21H,3-4,9-10,13H2,1-2H3,(H,27,28). The number of aromatic nitrogens is 3. The summed E-state index contributed by atoms with van der Waals surface area (Å²) >= 11 is 3.42. The lowest BCUT2D eigenvalue weighted by Crippen LogP contribution is -2.31. The first kappa shape index (κ1) is 20.9. The van der Waals surface area contributed by atoms with Crippen LogP contribution in [-0.2, 0) is 0 Å². The van der Waals surface area contributed by atoms with Gasteiger partial charge >= 0.3 is 0 Å². The van der Waals surface area contributed by atoms with E-state index in [0.29, 0.717) is 11.6 Å². The molecule has 1 N–H and O–H groups in total. The molecule has 4 aromatic rings. The molecule has 0 bridgehead atoms. The first-order chi connectivity index (χ1) is 16.1. The van der Waals surface area contributed by atoms with Crippen molar-refractivity contribution in [2.45, 2.75) is 49.5 Å². The fraction of sp³-hybridized carbons (Fsp3) is 0.346. The van der Waals surface area contributed by atoms with Crippen molar-refractivity contribution in [1.82, 2.24) is 19.9 Å². The number of fused-ring (bicyclic) bond motifs is 1. The van der Waals surface area contributed by atoms with Crippen molar-refractivity contribution in [2.75, 3.05) is 12.8 Å². The fourth-order valence-corrected chi connectivity index (χ4v) is 6.28. The average Bonchev–Trinajstić information content (AvgIpc) is 3.24. The highest BCUT2D eigenvalue weighted by atomic mass is 32.2. The molecule has 1 amide bonds. The maximum atomic E-state index is 13.9. The number of thiazole rings is 1. The van der Waals surface area contributed by atoms with Crippen molar-refractivity contribution >= 4 is 40.0 Å². The molecule has 1 atom stereocenters. The molecule has 7 heteroatoms. The Balaban J connectivity index is 1.36. The predicted molar refractivity (Wildman–Crippen MR) is 135 cm³/mol. The summed E-state index contributed by atoms with van der Waals surface area (Å²) in [5.41, 5.74) is 4.89. The lowest BCUT2D eigenvalue weighted by Gasteiger charge is -2.23. The van der Waals surface area contributed by atoms with E-state index in [2.05, 4.69) is 60.6 Å². The van der Waals surface area contributed by atoms with Crippen LogP contribution in [0.2, 0.25) is 0 Å². The third-order valence-corrected chi connectivity index (χ3v) is 8.62. The summed E-state index contributed by atoms with van der Waals surface area (Å²) in [5.74, 6) is 1.43. The van der Waals surface area contributed by atoms with Crippen LogP contribution >= 0.6 is 23.1 Å². The Bertz CT molecular complexity index is 1340. The number of hydrogen-bond donors (Lipinski definition) is 1. The second-order valence-electron chi connectivity index (χ2n) is 9.03. The number of amides is 1. The zero-order chi connectivity index (χ0) is 22.5. The number of nitrogens with zero attached hydrogens (tertiary/aromatic N) is 3. The van der Waals surface area contributed by atoms with E-state index in [1.54, 1.807) is 23.1 Å². The van der Waals surface area contributed by atoms with Gasteiger partial charge in [-0.25, -0.2) is 9.97 Å². The summed E-state index contributed by atoms with van der Waals surface area (Å²) in [5, 5.41) is 1.11. The fourth-order valence-electron chi connectivity index (χ4n) is 4.61. The van der Waals surface area contributed by atoms with Gasteiger partial charge in [0.15, 0.2) is 0 Å². The minimum Gasteiger partial charge on any atom is -0.340 e. The molecular weight excluding hydrogens is 448 g/mol. The highest BCUT2D eigenvalue weighted by Crippen LogP contribution is 2.45. The molecule has 2 aromatic carbocycles. The summed E-state index contributed by atoms with van der Waals surface area (Å²) in [6.07, 6.45) is 6.32. The first-order valence-corrected chi connectivity index (χ1v) is 13.6. The minimum absolute atomic E-state index is 0.0292. The number of aryl methyl sites for hydroxylation is 1. The molecule has 3 heterocycles. The highest BCUT2D eigenvalue weighted by molar-refractivity contribution is 7.98. The Morgan fingerprint density at radius 2 is 1.94 bits per heavy atom. The van der Waals surface area contributed by atoms with E-state index in [0.717, 1.165) is 51.7 Å². The van der Waals surface area contributed by atoms with Gasteiger partial charge in [-0.2, -0.15) is 0 Å². The van der Waals surface area contributed by atoms with Gasteiger partial charge in [-0.3, -0.25) is 4.79 Å². The van der Waals surface area contributed by atoms with Gasteiger partial charge in [0.25, 0.3) is 5.91 Å². The number of thioether (sulfide) groups is 1. The molecule has 1 saturated carbocycles. The average molecular weight is 475 g/mol. The largest absolute Gasteiger partial charge is 0.340 e. The van der Waals surface area contributed by atoms with Crippen molar-refractivity contribution in [3.63, 3.8) is 0 Å². The van der Waals surface area contributed by atoms with E-state index >= 15 is 0 Å². The van der Waals surface area contributed by atoms with Crippen LogP contribution in [0.3, 0.4) is 0 Å². The molecule has 1 unspecified atom stereocenters. The topological polar surface area (TPSA) is 61.9 Å². The lowest BCUT2D eigenvalue weighted by atomic mass is 10.1. The number of carbonyl (C=O) groups is 1. The van der Waals surface area contributed by atoms with E-state index in [4.69, 9.17) is 9.97 Å². The molecule has 1 aliphatic heterocycles. The summed E-state index contributed by atoms with van der Waals surface area (Å²) in [6, 6.07) is 14.7. The Morgan fingerprint density at radius 3 is 2.70 bits per heavy atom. The van der Waals surface area contributed by atoms with Gasteiger partial charge in [-0.15, -0.1) is 23.1 Å². The number of benzene rings is 2. The predicted octanol–water partition coefficient (Wildman–Crippen LogP) is 6.57. The van der Waals surface area contributed by atoms with Crippen molar-refractivity contribution in [2.24, 2.45) is 0 Å². The van der Waals surface area contributed by atoms with Gasteiger partial charge in [0.05, 0.1) is 27.0 Å². The van der Waals surface area contributed by atoms with Crippen molar-refractivity contribution in [1.29, 1.82) is 0 Å². The second kappa shape index (κ2) is 8.29. The molecular formula is C26H26N4OS2. The van der Waals surface area contributed by atoms with Crippen molar-refractivity contribution in [3.8, 4) is 10.4 Å². The van der Waals surface area contributed by atoms with Crippen molar-refractivity contribution < 1.29 is 4.79 Å². The number of likely N-dealkylation sites (tertiary alicyclic amines) is 1. The zero-order valence-electron chi connectivity index (χ0n) is 18.8. The summed E-state index contributed by atoms with van der Waals surface area (Å²) in [6.45, 7) is 2.82. The van der Waals surface area contributed by atoms with Crippen LogP contribution in [0.1, 0.15) is 64.5 Å². The SMILES string of the molecule is CSc1ccc2nc(C3CCCN3C(=O)c3nc(C4CC4)sc3-c3ccc(C)cc3)[nH]c2c1. The van der Waals surface area contributed by atoms with Crippen LogP contribution < -0.4 is 0 Å². The highest BCUT2D eigenvalue weighted by Gasteiger charge is 2.37. The summed E-state index contributed by atoms with van der Waals surface area (Å²) in [7, 11) is 0. The minimum atomic E-state index is -0.0421. The Kier molecular flexibility index (Phi) is 5.26. The maximum Gasteiger partial charge on any atom is 0.274 e. The van der Waals surface area contributed by atoms with Gasteiger partial charge in [0.1, 0.15) is 11.5 Å². The molecule has 1 aliphatic carbocycles. The van der Waals surface area contributed by atoms with Crippen LogP contribution in [0.4, 0.5) is 0 Å². The Labute approximate surface area is 201 Å². The van der Waals surface area contributed by atoms with E-state index < -0.39 is 0 Å². The van der Waals surface area contributed by atoms with E-state index in [-0.39, 0.29) is 11.9 Å². The first-order valence-electron chi connectivity index (χ1n) is 11.5. The van der Waals surface area contributed by atoms with Gasteiger partial charge in [-0.05, 0) is 62.6 Å². The molecule has 6 rings (SSSR count). The monoisotopic (exact) mass is 474 g/mol. The van der Waals surface area contributed by atoms with E-state index in [9.17, 15) is 4.79 Å². The molecule has 1 saturated heterocycles. The number of rotatable bonds is 5. The van der Waals surface area contributed by atoms with Crippen LogP contribution in [0.5, 0.6) is 0 Å². The van der Waals surface area contributed by atoms with Gasteiger partial charge in [0.2, 0.25) is 0 Å². The van der Waals surface area contributed by atoms with Crippen molar-refractivity contribution in [3.05, 3.63) is 64.6 Å². The number of H-pyrrole nitrogens is 1. The molecule has 168 valence electrons. The number of hydrogen-bond acceptors (Lipinski definition) is 5. The Morgan fingerprint density at radius 1 is 1.12 bits per heavy atom. The number of nitrogens with one attached hydrogen (secondary N) is 1. The number of aromatic amines is 1. The smallest absolute Gasteiger partial charge is 0.274 e. The zero-order valence-corrected chi connectivity index (χ0v) is 20.4. The molecule has 0 radical (unpaired) electrons. The third kappa shape index (κ3) is 3.87. The van der Waals surface area contributed by atoms with Crippen LogP contribution in [0.25, 0.3) is 21.5 Å². The van der Waals surface area contributed by atoms with E-state index in [1.807, 2.05) is 4.90 Å². The number of imidazole rings is 1. The molecule has 33 heavy (non-hydrogen) atoms. The quantitative estimate of drug-likeness (QED) is 0.332. The molecule has 2 fully saturated rings. The normalized spacial score (nSPS) is 18.4. The second-order valence-corrected chi connectivity index (χ2v) is 10.9. The third-order valence-electron chi connectivity index (χ3n) is 6.62. The van der Waals surface area contributed by atoms with E-state index in [1.165, 1.54) is 23.3 Å². The van der Waals surface area contributed by atoms with Gasteiger partial charge < -0.3 is 9.88 Å². The summed E-state index contributed by atoms with van der Waals surface area (Å²) in [4.78, 5) is 31.3. The van der Waals surface area contributed by atoms with Crippen LogP contribution in [0.15, 0.2) is 47.4 Å². The molecule has 2 aromatic heterocycles.